The number of aliphatic imine (C=N–C) groups is 1. The quantitative estimate of drug-likeness (QED) is 0.912. The molecule has 1 aromatic carbocycles. The Labute approximate surface area is 129 Å². The van der Waals surface area contributed by atoms with Gasteiger partial charge in [0.05, 0.1) is 17.2 Å². The Balaban J connectivity index is 1.53. The van der Waals surface area contributed by atoms with Gasteiger partial charge in [0.25, 0.3) is 0 Å². The average Bonchev–Trinajstić information content (AvgIpc) is 3.09. The van der Waals surface area contributed by atoms with E-state index in [-0.39, 0.29) is 0 Å². The molecule has 1 aliphatic rings. The lowest BCUT2D eigenvalue weighted by atomic mass is 10.1. The summed E-state index contributed by atoms with van der Waals surface area (Å²) >= 11 is 1.69. The van der Waals surface area contributed by atoms with Crippen molar-refractivity contribution in [3.8, 4) is 11.3 Å². The molecule has 0 aliphatic carbocycles. The number of benzene rings is 1. The summed E-state index contributed by atoms with van der Waals surface area (Å²) in [6, 6.07) is 9.11. The van der Waals surface area contributed by atoms with Crippen LogP contribution in [0.1, 0.15) is 17.5 Å². The number of nitrogens with one attached hydrogen (secondary N) is 2. The smallest absolute Gasteiger partial charge is 0.191 e. The molecular formula is C16H20N4S. The molecule has 110 valence electrons. The molecule has 0 amide bonds. The van der Waals surface area contributed by atoms with E-state index < -0.39 is 0 Å². The van der Waals surface area contributed by atoms with Gasteiger partial charge >= 0.3 is 0 Å². The van der Waals surface area contributed by atoms with Crippen molar-refractivity contribution in [2.24, 2.45) is 4.99 Å². The van der Waals surface area contributed by atoms with E-state index in [1.165, 1.54) is 11.1 Å². The SMILES string of the molecule is Cc1nc(-c2ccc(CCNC3=NCC(C)N3)cc2)cs1. The van der Waals surface area contributed by atoms with E-state index in [1.807, 2.05) is 6.92 Å². The molecule has 21 heavy (non-hydrogen) atoms. The highest BCUT2D eigenvalue weighted by molar-refractivity contribution is 7.09. The van der Waals surface area contributed by atoms with Gasteiger partial charge in [-0.3, -0.25) is 4.99 Å². The third-order valence-electron chi connectivity index (χ3n) is 3.48. The van der Waals surface area contributed by atoms with Crippen molar-refractivity contribution in [1.29, 1.82) is 0 Å². The molecule has 5 heteroatoms. The van der Waals surface area contributed by atoms with Crippen molar-refractivity contribution < 1.29 is 0 Å². The maximum atomic E-state index is 4.51. The van der Waals surface area contributed by atoms with Crippen LogP contribution in [0, 0.1) is 6.92 Å². The molecule has 0 radical (unpaired) electrons. The molecule has 1 atom stereocenters. The predicted octanol–water partition coefficient (Wildman–Crippen LogP) is 2.60. The minimum Gasteiger partial charge on any atom is -0.356 e. The monoisotopic (exact) mass is 300 g/mol. The second kappa shape index (κ2) is 6.26. The second-order valence-electron chi connectivity index (χ2n) is 5.36. The van der Waals surface area contributed by atoms with E-state index in [4.69, 9.17) is 0 Å². The summed E-state index contributed by atoms with van der Waals surface area (Å²) in [6.07, 6.45) is 0.992. The average molecular weight is 300 g/mol. The summed E-state index contributed by atoms with van der Waals surface area (Å²) in [7, 11) is 0. The summed E-state index contributed by atoms with van der Waals surface area (Å²) in [5.74, 6) is 0.928. The van der Waals surface area contributed by atoms with Crippen molar-refractivity contribution >= 4 is 17.3 Å². The van der Waals surface area contributed by atoms with Crippen LogP contribution in [0.4, 0.5) is 0 Å². The fourth-order valence-electron chi connectivity index (χ4n) is 2.32. The summed E-state index contributed by atoms with van der Waals surface area (Å²) in [6.45, 7) is 5.93. The fourth-order valence-corrected chi connectivity index (χ4v) is 2.95. The van der Waals surface area contributed by atoms with Crippen molar-refractivity contribution in [3.05, 3.63) is 40.2 Å². The summed E-state index contributed by atoms with van der Waals surface area (Å²) in [4.78, 5) is 8.91. The highest BCUT2D eigenvalue weighted by Gasteiger charge is 2.11. The summed E-state index contributed by atoms with van der Waals surface area (Å²) < 4.78 is 0. The highest BCUT2D eigenvalue weighted by atomic mass is 32.1. The highest BCUT2D eigenvalue weighted by Crippen LogP contribution is 2.21. The molecular weight excluding hydrogens is 280 g/mol. The fraction of sp³-hybridized carbons (Fsp3) is 0.375. The van der Waals surface area contributed by atoms with Crippen LogP contribution in [-0.2, 0) is 6.42 Å². The molecule has 0 spiro atoms. The number of hydrogen-bond acceptors (Lipinski definition) is 5. The zero-order valence-corrected chi connectivity index (χ0v) is 13.2. The minimum atomic E-state index is 0.452. The van der Waals surface area contributed by atoms with E-state index in [2.05, 4.69) is 57.2 Å². The summed E-state index contributed by atoms with van der Waals surface area (Å²) in [5, 5.41) is 9.86. The Kier molecular flexibility index (Phi) is 4.20. The first-order chi connectivity index (χ1) is 10.2. The van der Waals surface area contributed by atoms with Gasteiger partial charge in [0.15, 0.2) is 5.96 Å². The largest absolute Gasteiger partial charge is 0.356 e. The number of aromatic nitrogens is 1. The lowest BCUT2D eigenvalue weighted by Gasteiger charge is -2.09. The first-order valence-electron chi connectivity index (χ1n) is 7.27. The molecule has 0 saturated heterocycles. The number of nitrogens with zero attached hydrogens (tertiary/aromatic N) is 2. The van der Waals surface area contributed by atoms with Crippen LogP contribution in [0.5, 0.6) is 0 Å². The zero-order chi connectivity index (χ0) is 14.7. The molecule has 2 aromatic rings. The van der Waals surface area contributed by atoms with Gasteiger partial charge in [-0.1, -0.05) is 24.3 Å². The summed E-state index contributed by atoms with van der Waals surface area (Å²) in [5.41, 5.74) is 3.58. The van der Waals surface area contributed by atoms with Gasteiger partial charge < -0.3 is 10.6 Å². The number of hydrogen-bond donors (Lipinski definition) is 2. The lowest BCUT2D eigenvalue weighted by Crippen LogP contribution is -2.38. The Morgan fingerprint density at radius 3 is 2.76 bits per heavy atom. The molecule has 0 fully saturated rings. The molecule has 2 heterocycles. The Hall–Kier alpha value is -1.88. The van der Waals surface area contributed by atoms with Crippen molar-refractivity contribution in [2.75, 3.05) is 13.1 Å². The van der Waals surface area contributed by atoms with Gasteiger partial charge in [-0.25, -0.2) is 4.98 Å². The van der Waals surface area contributed by atoms with Gasteiger partial charge in [-0.05, 0) is 25.8 Å². The first kappa shape index (κ1) is 14.1. The van der Waals surface area contributed by atoms with Crippen molar-refractivity contribution in [2.45, 2.75) is 26.3 Å². The molecule has 4 nitrogen and oxygen atoms in total. The molecule has 1 aromatic heterocycles. The normalized spacial score (nSPS) is 17.4. The second-order valence-corrected chi connectivity index (χ2v) is 6.42. The van der Waals surface area contributed by atoms with Crippen LogP contribution in [0.15, 0.2) is 34.6 Å². The van der Waals surface area contributed by atoms with E-state index in [9.17, 15) is 0 Å². The van der Waals surface area contributed by atoms with Crippen molar-refractivity contribution in [3.63, 3.8) is 0 Å². The zero-order valence-electron chi connectivity index (χ0n) is 12.4. The van der Waals surface area contributed by atoms with Gasteiger partial charge in [0, 0.05) is 23.5 Å². The van der Waals surface area contributed by atoms with Crippen LogP contribution in [0.25, 0.3) is 11.3 Å². The molecule has 0 bridgehead atoms. The number of rotatable bonds is 4. The van der Waals surface area contributed by atoms with Gasteiger partial charge in [-0.15, -0.1) is 11.3 Å². The van der Waals surface area contributed by atoms with E-state index in [0.717, 1.165) is 36.2 Å². The van der Waals surface area contributed by atoms with E-state index in [1.54, 1.807) is 11.3 Å². The van der Waals surface area contributed by atoms with Crippen LogP contribution in [0.2, 0.25) is 0 Å². The maximum Gasteiger partial charge on any atom is 0.191 e. The third-order valence-corrected chi connectivity index (χ3v) is 4.25. The lowest BCUT2D eigenvalue weighted by molar-refractivity contribution is 0.712. The van der Waals surface area contributed by atoms with Gasteiger partial charge in [0.2, 0.25) is 0 Å². The topological polar surface area (TPSA) is 49.3 Å². The van der Waals surface area contributed by atoms with Gasteiger partial charge in [0.1, 0.15) is 0 Å². The Morgan fingerprint density at radius 1 is 1.33 bits per heavy atom. The van der Waals surface area contributed by atoms with Crippen LogP contribution >= 0.6 is 11.3 Å². The van der Waals surface area contributed by atoms with Crippen molar-refractivity contribution in [1.82, 2.24) is 15.6 Å². The third kappa shape index (κ3) is 3.61. The Bertz CT molecular complexity index is 630. The first-order valence-corrected chi connectivity index (χ1v) is 8.15. The minimum absolute atomic E-state index is 0.452. The van der Waals surface area contributed by atoms with E-state index in [0.29, 0.717) is 6.04 Å². The molecule has 2 N–H and O–H groups in total. The number of thiazole rings is 1. The standard InChI is InChI=1S/C16H20N4S/c1-11-9-18-16(19-11)17-8-7-13-3-5-14(6-4-13)15-10-21-12(2)20-15/h3-6,10-11H,7-9H2,1-2H3,(H2,17,18,19). The van der Waals surface area contributed by atoms with Crippen LogP contribution in [-0.4, -0.2) is 30.1 Å². The predicted molar refractivity (Wildman–Crippen MR) is 88.9 cm³/mol. The van der Waals surface area contributed by atoms with Crippen LogP contribution < -0.4 is 10.6 Å². The number of aryl methyl sites for hydroxylation is 1. The van der Waals surface area contributed by atoms with Gasteiger partial charge in [-0.2, -0.15) is 0 Å². The molecule has 1 aliphatic heterocycles. The molecule has 0 saturated carbocycles. The maximum absolute atomic E-state index is 4.51. The van der Waals surface area contributed by atoms with Crippen LogP contribution in [0.3, 0.4) is 0 Å². The Morgan fingerprint density at radius 2 is 2.14 bits per heavy atom. The molecule has 1 unspecified atom stereocenters. The van der Waals surface area contributed by atoms with E-state index >= 15 is 0 Å². The number of guanidine groups is 1. The molecule has 3 rings (SSSR count).